The third-order valence-electron chi connectivity index (χ3n) is 4.33. The number of nitrogens with one attached hydrogen (secondary N) is 2. The predicted molar refractivity (Wildman–Crippen MR) is 111 cm³/mol. The highest BCUT2D eigenvalue weighted by Gasteiger charge is 2.21. The monoisotopic (exact) mass is 380 g/mol. The van der Waals surface area contributed by atoms with Crippen molar-refractivity contribution >= 4 is 6.47 Å². The highest BCUT2D eigenvalue weighted by atomic mass is 16.5. The average Bonchev–Trinajstić information content (AvgIpc) is 2.97. The Morgan fingerprint density at radius 3 is 2.33 bits per heavy atom. The summed E-state index contributed by atoms with van der Waals surface area (Å²) >= 11 is 0. The van der Waals surface area contributed by atoms with Crippen LogP contribution >= 0.6 is 0 Å². The van der Waals surface area contributed by atoms with Gasteiger partial charge in [0, 0.05) is 30.7 Å². The molecule has 6 nitrogen and oxygen atoms in total. The van der Waals surface area contributed by atoms with Crippen LogP contribution in [-0.4, -0.2) is 46.8 Å². The van der Waals surface area contributed by atoms with Gasteiger partial charge < -0.3 is 19.9 Å². The molecule has 0 bridgehead atoms. The van der Waals surface area contributed by atoms with Crippen LogP contribution in [-0.2, 0) is 22.5 Å². The maximum Gasteiger partial charge on any atom is 0.293 e. The molecule has 1 aromatic rings. The average molecular weight is 381 g/mol. The van der Waals surface area contributed by atoms with E-state index in [2.05, 4.69) is 53.8 Å². The zero-order valence-electron chi connectivity index (χ0n) is 18.4. The van der Waals surface area contributed by atoms with Gasteiger partial charge in [0.05, 0.1) is 5.69 Å². The Kier molecular flexibility index (Phi) is 9.47. The van der Waals surface area contributed by atoms with E-state index in [4.69, 9.17) is 4.98 Å². The second-order valence-electron chi connectivity index (χ2n) is 9.16. The van der Waals surface area contributed by atoms with E-state index in [0.717, 1.165) is 32.6 Å². The molecule has 0 saturated carbocycles. The van der Waals surface area contributed by atoms with E-state index in [-0.39, 0.29) is 11.1 Å². The molecule has 0 aliphatic carbocycles. The van der Waals surface area contributed by atoms with Gasteiger partial charge in [-0.15, -0.1) is 0 Å². The highest BCUT2D eigenvalue weighted by Crippen LogP contribution is 2.24. The highest BCUT2D eigenvalue weighted by molar-refractivity contribution is 5.37. The Balaban J connectivity index is 0.000000445. The van der Waals surface area contributed by atoms with Gasteiger partial charge in [-0.25, -0.2) is 4.98 Å². The van der Waals surface area contributed by atoms with Crippen molar-refractivity contribution in [3.8, 4) is 0 Å². The van der Waals surface area contributed by atoms with Crippen LogP contribution in [0.15, 0.2) is 6.20 Å². The zero-order chi connectivity index (χ0) is 20.5. The third kappa shape index (κ3) is 9.91. The Labute approximate surface area is 165 Å². The van der Waals surface area contributed by atoms with Gasteiger partial charge in [-0.3, -0.25) is 4.79 Å². The summed E-state index contributed by atoms with van der Waals surface area (Å²) in [4.78, 5) is 14.5. The van der Waals surface area contributed by atoms with Crippen LogP contribution in [0.25, 0.3) is 0 Å². The maximum absolute atomic E-state index is 9.60. The number of piperidine rings is 1. The molecule has 0 aromatic carbocycles. The molecule has 1 fully saturated rings. The molecule has 0 atom stereocenters. The summed E-state index contributed by atoms with van der Waals surface area (Å²) in [5.74, 6) is 1.94. The van der Waals surface area contributed by atoms with Gasteiger partial charge in [-0.1, -0.05) is 6.92 Å². The van der Waals surface area contributed by atoms with E-state index in [9.17, 15) is 4.79 Å². The quantitative estimate of drug-likeness (QED) is 0.742. The lowest BCUT2D eigenvalue weighted by Crippen LogP contribution is -2.38. The predicted octanol–water partition coefficient (Wildman–Crippen LogP) is 3.26. The lowest BCUT2D eigenvalue weighted by Gasteiger charge is -2.24. The molecular formula is C21H40N4O2. The molecule has 27 heavy (non-hydrogen) atoms. The van der Waals surface area contributed by atoms with Gasteiger partial charge in [0.15, 0.2) is 0 Å². The molecule has 6 heteroatoms. The van der Waals surface area contributed by atoms with E-state index in [0.29, 0.717) is 12.4 Å². The molecule has 2 heterocycles. The normalized spacial score (nSPS) is 15.8. The number of aryl methyl sites for hydroxylation is 1. The molecular weight excluding hydrogens is 340 g/mol. The summed E-state index contributed by atoms with van der Waals surface area (Å²) in [6.45, 7) is 19.0. The van der Waals surface area contributed by atoms with Gasteiger partial charge in [-0.05, 0) is 73.9 Å². The van der Waals surface area contributed by atoms with Gasteiger partial charge in [0.25, 0.3) is 6.47 Å². The molecule has 1 aromatic heterocycles. The van der Waals surface area contributed by atoms with Crippen molar-refractivity contribution < 1.29 is 9.53 Å². The minimum atomic E-state index is -0.318. The van der Waals surface area contributed by atoms with Gasteiger partial charge >= 0.3 is 0 Å². The van der Waals surface area contributed by atoms with E-state index < -0.39 is 0 Å². The van der Waals surface area contributed by atoms with E-state index in [1.54, 1.807) is 0 Å². The van der Waals surface area contributed by atoms with E-state index >= 15 is 0 Å². The van der Waals surface area contributed by atoms with Crippen molar-refractivity contribution in [3.05, 3.63) is 17.7 Å². The first-order valence-electron chi connectivity index (χ1n) is 10.2. The lowest BCUT2D eigenvalue weighted by atomic mass is 9.97. The van der Waals surface area contributed by atoms with Crippen LogP contribution in [0.1, 0.15) is 78.7 Å². The number of hydrogen-bond acceptors (Lipinski definition) is 5. The Bertz CT molecular complexity index is 550. The van der Waals surface area contributed by atoms with E-state index in [1.807, 2.05) is 20.8 Å². The molecule has 1 aliphatic rings. The molecule has 2 N–H and O–H groups in total. The number of rotatable bonds is 6. The topological polar surface area (TPSA) is 68.2 Å². The molecule has 156 valence electrons. The number of nitrogens with zero attached hydrogens (tertiary/aromatic N) is 2. The SMILES string of the molecule is CC(C)(C)OC=O.CCc1cn(CCNC(C)(C)C)c(C2CCNCC2)n1. The first-order valence-corrected chi connectivity index (χ1v) is 10.2. The minimum Gasteiger partial charge on any atom is -0.462 e. The number of carbonyl (C=O) groups excluding carboxylic acids is 1. The molecule has 2 rings (SSSR count). The molecule has 1 saturated heterocycles. The Hall–Kier alpha value is -1.40. The van der Waals surface area contributed by atoms with Crippen molar-refractivity contribution in [3.63, 3.8) is 0 Å². The molecule has 1 aliphatic heterocycles. The van der Waals surface area contributed by atoms with Gasteiger partial charge in [0.1, 0.15) is 11.4 Å². The molecule has 0 spiro atoms. The summed E-state index contributed by atoms with van der Waals surface area (Å²) in [5.41, 5.74) is 1.10. The second kappa shape index (κ2) is 10.8. The third-order valence-corrected chi connectivity index (χ3v) is 4.33. The smallest absolute Gasteiger partial charge is 0.293 e. The van der Waals surface area contributed by atoms with Crippen molar-refractivity contribution in [2.75, 3.05) is 19.6 Å². The number of aromatic nitrogens is 2. The van der Waals surface area contributed by atoms with Crippen molar-refractivity contribution in [2.24, 2.45) is 0 Å². The van der Waals surface area contributed by atoms with Crippen LogP contribution in [0, 0.1) is 0 Å². The van der Waals surface area contributed by atoms with Crippen LogP contribution in [0.4, 0.5) is 0 Å². The standard InChI is InChI=1S/C16H30N4.C5H10O2/c1-5-14-12-20(11-10-18-16(2,3)4)15(19-14)13-6-8-17-9-7-13;1-5(2,3)7-4-6/h12-13,17-18H,5-11H2,1-4H3;4H,1-3H3. The number of ether oxygens (including phenoxy) is 1. The fourth-order valence-electron chi connectivity index (χ4n) is 2.94. The van der Waals surface area contributed by atoms with Crippen molar-refractivity contribution in [1.29, 1.82) is 0 Å². The summed E-state index contributed by atoms with van der Waals surface area (Å²) in [6.07, 6.45) is 5.71. The van der Waals surface area contributed by atoms with E-state index in [1.165, 1.54) is 24.4 Å². The molecule has 0 amide bonds. The number of imidazole rings is 1. The largest absolute Gasteiger partial charge is 0.462 e. The van der Waals surface area contributed by atoms with Crippen molar-refractivity contribution in [2.45, 2.75) is 91.3 Å². The lowest BCUT2D eigenvalue weighted by molar-refractivity contribution is -0.138. The van der Waals surface area contributed by atoms with Crippen LogP contribution in [0.2, 0.25) is 0 Å². The van der Waals surface area contributed by atoms with Crippen LogP contribution in [0.5, 0.6) is 0 Å². The van der Waals surface area contributed by atoms with Gasteiger partial charge in [0.2, 0.25) is 0 Å². The zero-order valence-corrected chi connectivity index (χ0v) is 18.4. The number of carbonyl (C=O) groups is 1. The first kappa shape index (κ1) is 23.6. The van der Waals surface area contributed by atoms with Crippen LogP contribution in [0.3, 0.4) is 0 Å². The Morgan fingerprint density at radius 1 is 1.26 bits per heavy atom. The summed E-state index contributed by atoms with van der Waals surface area (Å²) in [5, 5.41) is 7.01. The fourth-order valence-corrected chi connectivity index (χ4v) is 2.94. The second-order valence-corrected chi connectivity index (χ2v) is 9.16. The van der Waals surface area contributed by atoms with Crippen molar-refractivity contribution in [1.82, 2.24) is 20.2 Å². The minimum absolute atomic E-state index is 0.184. The van der Waals surface area contributed by atoms with Gasteiger partial charge in [-0.2, -0.15) is 0 Å². The van der Waals surface area contributed by atoms with Crippen LogP contribution < -0.4 is 10.6 Å². The maximum atomic E-state index is 9.60. The first-order chi connectivity index (χ1) is 12.6. The summed E-state index contributed by atoms with van der Waals surface area (Å²) in [7, 11) is 0. The summed E-state index contributed by atoms with van der Waals surface area (Å²) < 4.78 is 6.93. The molecule has 0 radical (unpaired) electrons. The molecule has 0 unspecified atom stereocenters. The number of hydrogen-bond donors (Lipinski definition) is 2. The summed E-state index contributed by atoms with van der Waals surface area (Å²) in [6, 6.07) is 0. The fraction of sp³-hybridized carbons (Fsp3) is 0.810. The Morgan fingerprint density at radius 2 is 1.89 bits per heavy atom.